The van der Waals surface area contributed by atoms with Crippen molar-refractivity contribution in [3.63, 3.8) is 0 Å². The molecule has 1 unspecified atom stereocenters. The van der Waals surface area contributed by atoms with Crippen LogP contribution in [0.15, 0.2) is 21.8 Å². The van der Waals surface area contributed by atoms with E-state index >= 15 is 0 Å². The fourth-order valence-corrected chi connectivity index (χ4v) is 3.72. The van der Waals surface area contributed by atoms with Crippen molar-refractivity contribution in [3.05, 3.63) is 40.2 Å². The van der Waals surface area contributed by atoms with Gasteiger partial charge >= 0.3 is 0 Å². The molecular weight excluding hydrogens is 334 g/mol. The Labute approximate surface area is 152 Å². The predicted octanol–water partition coefficient (Wildman–Crippen LogP) is 1.35. The lowest BCUT2D eigenvalue weighted by Gasteiger charge is -2.31. The van der Waals surface area contributed by atoms with Crippen LogP contribution in [-0.4, -0.2) is 50.9 Å². The van der Waals surface area contributed by atoms with E-state index < -0.39 is 0 Å². The third-order valence-electron chi connectivity index (χ3n) is 5.36. The summed E-state index contributed by atoms with van der Waals surface area (Å²) in [5.74, 6) is 2.22. The van der Waals surface area contributed by atoms with Gasteiger partial charge in [-0.15, -0.1) is 0 Å². The molecule has 8 nitrogen and oxygen atoms in total. The van der Waals surface area contributed by atoms with Crippen molar-refractivity contribution < 1.29 is 9.26 Å². The van der Waals surface area contributed by atoms with Crippen LogP contribution in [0.2, 0.25) is 0 Å². The number of piperidine rings is 1. The third-order valence-corrected chi connectivity index (χ3v) is 5.36. The van der Waals surface area contributed by atoms with Crippen LogP contribution in [0.25, 0.3) is 0 Å². The molecule has 8 heteroatoms. The van der Waals surface area contributed by atoms with Gasteiger partial charge in [0.25, 0.3) is 5.56 Å². The number of hydrogen-bond donors (Lipinski definition) is 0. The lowest BCUT2D eigenvalue weighted by atomic mass is 9.96. The molecule has 2 aromatic heterocycles. The second-order valence-electron chi connectivity index (χ2n) is 7.36. The lowest BCUT2D eigenvalue weighted by Crippen LogP contribution is -2.36. The first-order chi connectivity index (χ1) is 12.7. The third kappa shape index (κ3) is 3.86. The highest BCUT2D eigenvalue weighted by Crippen LogP contribution is 2.24. The van der Waals surface area contributed by atoms with E-state index in [4.69, 9.17) is 9.26 Å². The molecule has 0 bridgehead atoms. The molecule has 4 rings (SSSR count). The van der Waals surface area contributed by atoms with Crippen molar-refractivity contribution in [2.45, 2.75) is 45.2 Å². The van der Waals surface area contributed by atoms with Gasteiger partial charge in [-0.25, -0.2) is 4.98 Å². The molecule has 2 aromatic rings. The summed E-state index contributed by atoms with van der Waals surface area (Å²) in [6, 6.07) is 0. The number of nitrogens with zero attached hydrogens (tertiary/aromatic N) is 5. The molecule has 2 aliphatic heterocycles. The van der Waals surface area contributed by atoms with Crippen molar-refractivity contribution in [1.82, 2.24) is 24.6 Å². The van der Waals surface area contributed by atoms with Crippen LogP contribution in [-0.2, 0) is 17.8 Å². The van der Waals surface area contributed by atoms with E-state index in [2.05, 4.69) is 20.0 Å². The van der Waals surface area contributed by atoms with Crippen LogP contribution < -0.4 is 5.56 Å². The minimum absolute atomic E-state index is 0.0673. The SMILES string of the molecule is Cc1cncn(CC2CCN(Cc3noc(C4CCOC4)n3)CC2)c1=O. The van der Waals surface area contributed by atoms with Gasteiger partial charge in [0.1, 0.15) is 0 Å². The van der Waals surface area contributed by atoms with Crippen LogP contribution in [0.3, 0.4) is 0 Å². The Bertz CT molecular complexity index is 788. The molecule has 0 aromatic carbocycles. The van der Waals surface area contributed by atoms with Crippen molar-refractivity contribution in [2.75, 3.05) is 26.3 Å². The molecule has 1 atom stereocenters. The molecule has 0 radical (unpaired) electrons. The zero-order valence-electron chi connectivity index (χ0n) is 15.1. The zero-order valence-corrected chi connectivity index (χ0v) is 15.1. The summed E-state index contributed by atoms with van der Waals surface area (Å²) in [5, 5.41) is 4.13. The van der Waals surface area contributed by atoms with Crippen molar-refractivity contribution in [2.24, 2.45) is 5.92 Å². The van der Waals surface area contributed by atoms with Gasteiger partial charge in [-0.3, -0.25) is 14.3 Å². The van der Waals surface area contributed by atoms with Gasteiger partial charge in [-0.1, -0.05) is 5.16 Å². The Morgan fingerprint density at radius 3 is 2.88 bits per heavy atom. The van der Waals surface area contributed by atoms with Gasteiger partial charge in [0.05, 0.1) is 25.4 Å². The number of likely N-dealkylation sites (tertiary alicyclic amines) is 1. The fraction of sp³-hybridized carbons (Fsp3) is 0.667. The molecule has 0 aliphatic carbocycles. The number of aryl methyl sites for hydroxylation is 1. The first kappa shape index (κ1) is 17.4. The average Bonchev–Trinajstić information content (AvgIpc) is 3.32. The van der Waals surface area contributed by atoms with Crippen LogP contribution in [0.5, 0.6) is 0 Å². The summed E-state index contributed by atoms with van der Waals surface area (Å²) in [6.07, 6.45) is 6.34. The normalized spacial score (nSPS) is 22.1. The van der Waals surface area contributed by atoms with E-state index in [-0.39, 0.29) is 11.5 Å². The van der Waals surface area contributed by atoms with Crippen LogP contribution in [0, 0.1) is 12.8 Å². The van der Waals surface area contributed by atoms with Gasteiger partial charge in [-0.05, 0) is 45.2 Å². The Balaban J connectivity index is 1.28. The largest absolute Gasteiger partial charge is 0.381 e. The molecule has 26 heavy (non-hydrogen) atoms. The molecule has 2 aliphatic rings. The number of rotatable bonds is 5. The molecular formula is C18H25N5O3. The zero-order chi connectivity index (χ0) is 17.9. The van der Waals surface area contributed by atoms with E-state index in [1.54, 1.807) is 17.1 Å². The summed E-state index contributed by atoms with van der Waals surface area (Å²) >= 11 is 0. The second-order valence-corrected chi connectivity index (χ2v) is 7.36. The van der Waals surface area contributed by atoms with Crippen molar-refractivity contribution >= 4 is 0 Å². The summed E-state index contributed by atoms with van der Waals surface area (Å²) in [4.78, 5) is 23.2. The summed E-state index contributed by atoms with van der Waals surface area (Å²) in [6.45, 7) is 6.69. The molecule has 2 fully saturated rings. The Kier molecular flexibility index (Phi) is 5.12. The number of ether oxygens (including phenoxy) is 1. The van der Waals surface area contributed by atoms with E-state index in [1.165, 1.54) is 0 Å². The topological polar surface area (TPSA) is 86.3 Å². The average molecular weight is 359 g/mol. The Morgan fingerprint density at radius 2 is 2.12 bits per heavy atom. The second kappa shape index (κ2) is 7.67. The minimum Gasteiger partial charge on any atom is -0.381 e. The highest BCUT2D eigenvalue weighted by Gasteiger charge is 2.25. The maximum absolute atomic E-state index is 12.1. The summed E-state index contributed by atoms with van der Waals surface area (Å²) < 4.78 is 12.5. The molecule has 0 N–H and O–H groups in total. The van der Waals surface area contributed by atoms with Gasteiger partial charge in [0.2, 0.25) is 5.89 Å². The maximum Gasteiger partial charge on any atom is 0.256 e. The maximum atomic E-state index is 12.1. The standard InChI is InChI=1S/C18H25N5O3/c1-13-8-19-12-23(18(13)24)9-14-2-5-22(6-3-14)10-16-20-17(26-21-16)15-4-7-25-11-15/h8,12,14-15H,2-7,9-11H2,1H3. The van der Waals surface area contributed by atoms with Crippen LogP contribution >= 0.6 is 0 Å². The smallest absolute Gasteiger partial charge is 0.256 e. The van der Waals surface area contributed by atoms with E-state index in [9.17, 15) is 4.79 Å². The van der Waals surface area contributed by atoms with E-state index in [0.29, 0.717) is 24.0 Å². The van der Waals surface area contributed by atoms with Gasteiger partial charge < -0.3 is 9.26 Å². The molecule has 2 saturated heterocycles. The van der Waals surface area contributed by atoms with E-state index in [1.807, 2.05) is 6.92 Å². The first-order valence-electron chi connectivity index (χ1n) is 9.32. The summed E-state index contributed by atoms with van der Waals surface area (Å²) in [7, 11) is 0. The minimum atomic E-state index is 0.0673. The van der Waals surface area contributed by atoms with Gasteiger partial charge in [-0.2, -0.15) is 4.98 Å². The molecule has 4 heterocycles. The summed E-state index contributed by atoms with van der Waals surface area (Å²) in [5.41, 5.74) is 0.767. The number of aromatic nitrogens is 4. The number of hydrogen-bond acceptors (Lipinski definition) is 7. The monoisotopic (exact) mass is 359 g/mol. The predicted molar refractivity (Wildman–Crippen MR) is 93.7 cm³/mol. The molecule has 0 amide bonds. The van der Waals surface area contributed by atoms with Crippen LogP contribution in [0.4, 0.5) is 0 Å². The fourth-order valence-electron chi connectivity index (χ4n) is 3.72. The van der Waals surface area contributed by atoms with Gasteiger partial charge in [0.15, 0.2) is 5.82 Å². The highest BCUT2D eigenvalue weighted by atomic mass is 16.5. The van der Waals surface area contributed by atoms with Crippen molar-refractivity contribution in [1.29, 1.82) is 0 Å². The lowest BCUT2D eigenvalue weighted by molar-refractivity contribution is 0.161. The molecule has 0 saturated carbocycles. The van der Waals surface area contributed by atoms with Gasteiger partial charge in [0, 0.05) is 24.9 Å². The van der Waals surface area contributed by atoms with Crippen molar-refractivity contribution in [3.8, 4) is 0 Å². The highest BCUT2D eigenvalue weighted by molar-refractivity contribution is 5.01. The molecule has 140 valence electrons. The first-order valence-corrected chi connectivity index (χ1v) is 9.32. The van der Waals surface area contributed by atoms with E-state index in [0.717, 1.165) is 57.9 Å². The Hall–Kier alpha value is -2.06. The quantitative estimate of drug-likeness (QED) is 0.796. The Morgan fingerprint density at radius 1 is 1.27 bits per heavy atom. The van der Waals surface area contributed by atoms with Crippen LogP contribution in [0.1, 0.15) is 42.5 Å². The molecule has 0 spiro atoms.